The zero-order valence-electron chi connectivity index (χ0n) is 9.94. The van der Waals surface area contributed by atoms with Gasteiger partial charge in [0.1, 0.15) is 6.10 Å². The molecule has 0 aliphatic heterocycles. The molecule has 2 rings (SSSR count). The lowest BCUT2D eigenvalue weighted by Crippen LogP contribution is -2.01. The number of aliphatic hydroxyl groups is 1. The van der Waals surface area contributed by atoms with Gasteiger partial charge in [-0.2, -0.15) is 0 Å². The first-order valence-electron chi connectivity index (χ1n) is 5.58. The summed E-state index contributed by atoms with van der Waals surface area (Å²) in [6, 6.07) is 13.4. The Bertz CT molecular complexity index is 514. The van der Waals surface area contributed by atoms with Crippen LogP contribution in [0.3, 0.4) is 0 Å². The molecule has 2 aromatic rings. The van der Waals surface area contributed by atoms with Crippen molar-refractivity contribution in [2.45, 2.75) is 20.0 Å². The monoisotopic (exact) mass is 246 g/mol. The fraction of sp³-hybridized carbons (Fsp3) is 0.200. The predicted molar refractivity (Wildman–Crippen MR) is 71.4 cm³/mol. The van der Waals surface area contributed by atoms with Crippen molar-refractivity contribution in [2.75, 3.05) is 0 Å². The predicted octanol–water partition coefficient (Wildman–Crippen LogP) is 4.04. The molecule has 0 radical (unpaired) electrons. The molecule has 0 saturated carbocycles. The first-order chi connectivity index (χ1) is 8.08. The molecule has 0 spiro atoms. The van der Waals surface area contributed by atoms with Crippen LogP contribution in [0.1, 0.15) is 28.4 Å². The lowest BCUT2D eigenvalue weighted by atomic mass is 9.98. The lowest BCUT2D eigenvalue weighted by Gasteiger charge is -2.14. The Hall–Kier alpha value is -1.31. The van der Waals surface area contributed by atoms with Crippen molar-refractivity contribution in [3.8, 4) is 0 Å². The molecule has 17 heavy (non-hydrogen) atoms. The SMILES string of the molecule is Cc1cc(C)cc(C(O)c2ccccc2Cl)c1. The van der Waals surface area contributed by atoms with Crippen LogP contribution in [-0.2, 0) is 0 Å². The summed E-state index contributed by atoms with van der Waals surface area (Å²) >= 11 is 6.09. The molecule has 0 saturated heterocycles. The van der Waals surface area contributed by atoms with E-state index in [1.165, 1.54) is 0 Å². The van der Waals surface area contributed by atoms with Crippen LogP contribution in [0.15, 0.2) is 42.5 Å². The van der Waals surface area contributed by atoms with E-state index in [0.29, 0.717) is 5.02 Å². The van der Waals surface area contributed by atoms with E-state index >= 15 is 0 Å². The van der Waals surface area contributed by atoms with Crippen molar-refractivity contribution in [1.82, 2.24) is 0 Å². The number of hydrogen-bond donors (Lipinski definition) is 1. The van der Waals surface area contributed by atoms with Crippen molar-refractivity contribution in [1.29, 1.82) is 0 Å². The molecule has 1 atom stereocenters. The Morgan fingerprint density at radius 1 is 1.00 bits per heavy atom. The maximum Gasteiger partial charge on any atom is 0.106 e. The van der Waals surface area contributed by atoms with E-state index in [1.807, 2.05) is 44.2 Å². The zero-order chi connectivity index (χ0) is 12.4. The van der Waals surface area contributed by atoms with E-state index in [9.17, 15) is 5.11 Å². The molecule has 0 aliphatic rings. The van der Waals surface area contributed by atoms with Gasteiger partial charge in [0.2, 0.25) is 0 Å². The van der Waals surface area contributed by atoms with Crippen molar-refractivity contribution >= 4 is 11.6 Å². The quantitative estimate of drug-likeness (QED) is 0.848. The number of aryl methyl sites for hydroxylation is 2. The molecule has 0 fully saturated rings. The van der Waals surface area contributed by atoms with Crippen LogP contribution in [0.5, 0.6) is 0 Å². The molecule has 0 amide bonds. The number of hydrogen-bond acceptors (Lipinski definition) is 1. The molecule has 0 aliphatic carbocycles. The van der Waals surface area contributed by atoms with Crippen LogP contribution >= 0.6 is 11.6 Å². The molecular formula is C15H15ClO. The summed E-state index contributed by atoms with van der Waals surface area (Å²) in [7, 11) is 0. The first kappa shape index (κ1) is 12.2. The zero-order valence-corrected chi connectivity index (χ0v) is 10.7. The minimum atomic E-state index is -0.665. The Balaban J connectivity index is 2.43. The summed E-state index contributed by atoms with van der Waals surface area (Å²) in [6.07, 6.45) is -0.665. The van der Waals surface area contributed by atoms with Gasteiger partial charge in [0.25, 0.3) is 0 Å². The summed E-state index contributed by atoms with van der Waals surface area (Å²) in [5.41, 5.74) is 3.92. The first-order valence-corrected chi connectivity index (χ1v) is 5.96. The van der Waals surface area contributed by atoms with Crippen LogP contribution in [0.4, 0.5) is 0 Å². The summed E-state index contributed by atoms with van der Waals surface area (Å²) in [5.74, 6) is 0. The third-order valence-electron chi connectivity index (χ3n) is 2.76. The highest BCUT2D eigenvalue weighted by atomic mass is 35.5. The summed E-state index contributed by atoms with van der Waals surface area (Å²) in [5, 5.41) is 10.9. The van der Waals surface area contributed by atoms with Gasteiger partial charge in [-0.15, -0.1) is 0 Å². The Morgan fingerprint density at radius 3 is 2.18 bits per heavy atom. The van der Waals surface area contributed by atoms with Gasteiger partial charge in [0.15, 0.2) is 0 Å². The van der Waals surface area contributed by atoms with Gasteiger partial charge < -0.3 is 5.11 Å². The molecule has 0 bridgehead atoms. The van der Waals surface area contributed by atoms with Crippen molar-refractivity contribution in [3.05, 3.63) is 69.7 Å². The fourth-order valence-electron chi connectivity index (χ4n) is 2.04. The van der Waals surface area contributed by atoms with Gasteiger partial charge in [-0.25, -0.2) is 0 Å². The van der Waals surface area contributed by atoms with Crippen molar-refractivity contribution in [2.24, 2.45) is 0 Å². The average molecular weight is 247 g/mol. The topological polar surface area (TPSA) is 20.2 Å². The van der Waals surface area contributed by atoms with Gasteiger partial charge in [-0.3, -0.25) is 0 Å². The van der Waals surface area contributed by atoms with Crippen LogP contribution in [0, 0.1) is 13.8 Å². The molecule has 88 valence electrons. The number of halogens is 1. The summed E-state index contributed by atoms with van der Waals surface area (Å²) in [6.45, 7) is 4.05. The van der Waals surface area contributed by atoms with E-state index in [-0.39, 0.29) is 0 Å². The highest BCUT2D eigenvalue weighted by Crippen LogP contribution is 2.28. The molecule has 0 heterocycles. The van der Waals surface area contributed by atoms with E-state index in [2.05, 4.69) is 6.07 Å². The third-order valence-corrected chi connectivity index (χ3v) is 3.10. The van der Waals surface area contributed by atoms with Crippen LogP contribution < -0.4 is 0 Å². The molecular weight excluding hydrogens is 232 g/mol. The largest absolute Gasteiger partial charge is 0.384 e. The normalized spacial score (nSPS) is 12.5. The number of rotatable bonds is 2. The summed E-state index contributed by atoms with van der Waals surface area (Å²) < 4.78 is 0. The van der Waals surface area contributed by atoms with E-state index in [4.69, 9.17) is 11.6 Å². The van der Waals surface area contributed by atoms with E-state index < -0.39 is 6.10 Å². The highest BCUT2D eigenvalue weighted by molar-refractivity contribution is 6.31. The Kier molecular flexibility index (Phi) is 3.51. The minimum absolute atomic E-state index is 0.596. The second-order valence-corrected chi connectivity index (χ2v) is 4.75. The van der Waals surface area contributed by atoms with Crippen LogP contribution in [0.25, 0.3) is 0 Å². The van der Waals surface area contributed by atoms with Gasteiger partial charge in [-0.05, 0) is 25.5 Å². The molecule has 1 N–H and O–H groups in total. The second kappa shape index (κ2) is 4.91. The summed E-state index contributed by atoms with van der Waals surface area (Å²) in [4.78, 5) is 0. The van der Waals surface area contributed by atoms with Gasteiger partial charge >= 0.3 is 0 Å². The standard InChI is InChI=1S/C15H15ClO/c1-10-7-11(2)9-12(8-10)15(17)13-5-3-4-6-14(13)16/h3-9,15,17H,1-2H3. The van der Waals surface area contributed by atoms with E-state index in [0.717, 1.165) is 22.3 Å². The van der Waals surface area contributed by atoms with Gasteiger partial charge in [0.05, 0.1) is 0 Å². The molecule has 2 heteroatoms. The van der Waals surface area contributed by atoms with Crippen molar-refractivity contribution in [3.63, 3.8) is 0 Å². The second-order valence-electron chi connectivity index (χ2n) is 4.35. The van der Waals surface area contributed by atoms with Crippen LogP contribution in [0.2, 0.25) is 5.02 Å². The smallest absolute Gasteiger partial charge is 0.106 e. The highest BCUT2D eigenvalue weighted by Gasteiger charge is 2.13. The van der Waals surface area contributed by atoms with Gasteiger partial charge in [-0.1, -0.05) is 59.1 Å². The number of benzene rings is 2. The fourth-order valence-corrected chi connectivity index (χ4v) is 2.28. The third kappa shape index (κ3) is 2.68. The van der Waals surface area contributed by atoms with Crippen LogP contribution in [-0.4, -0.2) is 5.11 Å². The van der Waals surface area contributed by atoms with Gasteiger partial charge in [0, 0.05) is 10.6 Å². The maximum absolute atomic E-state index is 10.3. The lowest BCUT2D eigenvalue weighted by molar-refractivity contribution is 0.220. The molecule has 1 unspecified atom stereocenters. The molecule has 2 aromatic carbocycles. The average Bonchev–Trinajstić information content (AvgIpc) is 2.27. The maximum atomic E-state index is 10.3. The Morgan fingerprint density at radius 2 is 1.59 bits per heavy atom. The van der Waals surface area contributed by atoms with E-state index in [1.54, 1.807) is 6.07 Å². The number of aliphatic hydroxyl groups excluding tert-OH is 1. The molecule has 1 nitrogen and oxygen atoms in total. The van der Waals surface area contributed by atoms with Crippen molar-refractivity contribution < 1.29 is 5.11 Å². The minimum Gasteiger partial charge on any atom is -0.384 e. The molecule has 0 aromatic heterocycles. The Labute approximate surface area is 107 Å².